The van der Waals surface area contributed by atoms with E-state index in [9.17, 15) is 0 Å². The maximum atomic E-state index is 8.85. The highest BCUT2D eigenvalue weighted by Crippen LogP contribution is 1.97. The van der Waals surface area contributed by atoms with Crippen LogP contribution in [-0.2, 0) is 0 Å². The fraction of sp³-hybridized carbons (Fsp3) is 0.429. The van der Waals surface area contributed by atoms with Gasteiger partial charge in [-0.2, -0.15) is 0 Å². The Morgan fingerprint density at radius 2 is 2.22 bits per heavy atom. The fourth-order valence-electron chi connectivity index (χ4n) is 0.399. The van der Waals surface area contributed by atoms with Gasteiger partial charge in [-0.15, -0.1) is 18.9 Å². The van der Waals surface area contributed by atoms with E-state index in [2.05, 4.69) is 12.5 Å². The third kappa shape index (κ3) is 2.91. The second-order valence-electron chi connectivity index (χ2n) is 1.70. The minimum Gasteiger partial charge on any atom is -0.389 e. The Kier molecular flexibility index (Phi) is 3.78. The molecule has 0 aromatic rings. The number of hydrogen-bond donors (Lipinski definition) is 2. The van der Waals surface area contributed by atoms with Crippen molar-refractivity contribution >= 4 is 0 Å². The summed E-state index contributed by atoms with van der Waals surface area (Å²) in [6.07, 6.45) is 4.51. The highest BCUT2D eigenvalue weighted by atomic mass is 16.3. The van der Waals surface area contributed by atoms with Gasteiger partial charge in [0, 0.05) is 6.42 Å². The lowest BCUT2D eigenvalue weighted by molar-refractivity contribution is 0.0528. The Hall–Kier alpha value is -0.780. The van der Waals surface area contributed by atoms with Crippen molar-refractivity contribution in [2.24, 2.45) is 0 Å². The second kappa shape index (κ2) is 4.13. The molecule has 0 rings (SSSR count). The van der Waals surface area contributed by atoms with Gasteiger partial charge in [-0.1, -0.05) is 6.08 Å². The molecule has 0 saturated carbocycles. The van der Waals surface area contributed by atoms with Gasteiger partial charge in [0.15, 0.2) is 0 Å². The zero-order chi connectivity index (χ0) is 7.28. The van der Waals surface area contributed by atoms with E-state index in [4.69, 9.17) is 16.6 Å². The Balaban J connectivity index is 3.60. The van der Waals surface area contributed by atoms with Crippen molar-refractivity contribution in [3.63, 3.8) is 0 Å². The minimum atomic E-state index is -0.902. The van der Waals surface area contributed by atoms with E-state index in [0.29, 0.717) is 0 Å². The molecule has 2 atom stereocenters. The monoisotopic (exact) mass is 126 g/mol. The van der Waals surface area contributed by atoms with E-state index in [0.717, 1.165) is 0 Å². The van der Waals surface area contributed by atoms with E-state index in [-0.39, 0.29) is 6.42 Å². The predicted molar refractivity (Wildman–Crippen MR) is 35.7 cm³/mol. The van der Waals surface area contributed by atoms with E-state index in [1.807, 2.05) is 0 Å². The van der Waals surface area contributed by atoms with Crippen LogP contribution in [0, 0.1) is 12.3 Å². The lowest BCUT2D eigenvalue weighted by Gasteiger charge is -2.09. The van der Waals surface area contributed by atoms with E-state index < -0.39 is 12.2 Å². The molecular formula is C7H10O2. The molecule has 0 aromatic heterocycles. The molecule has 50 valence electrons. The first-order chi connectivity index (χ1) is 4.22. The van der Waals surface area contributed by atoms with Crippen molar-refractivity contribution in [1.82, 2.24) is 0 Å². The summed E-state index contributed by atoms with van der Waals surface area (Å²) in [5.74, 6) is 2.22. The van der Waals surface area contributed by atoms with Crippen LogP contribution in [0.4, 0.5) is 0 Å². The van der Waals surface area contributed by atoms with Crippen LogP contribution >= 0.6 is 0 Å². The van der Waals surface area contributed by atoms with Gasteiger partial charge in [0.1, 0.15) is 0 Å². The summed E-state index contributed by atoms with van der Waals surface area (Å²) in [5, 5.41) is 17.6. The van der Waals surface area contributed by atoms with Gasteiger partial charge >= 0.3 is 0 Å². The topological polar surface area (TPSA) is 40.5 Å². The fourth-order valence-corrected chi connectivity index (χ4v) is 0.399. The average molecular weight is 126 g/mol. The molecule has 0 saturated heterocycles. The van der Waals surface area contributed by atoms with Gasteiger partial charge < -0.3 is 10.2 Å². The van der Waals surface area contributed by atoms with Crippen LogP contribution in [0.15, 0.2) is 12.7 Å². The maximum Gasteiger partial charge on any atom is 0.0986 e. The molecule has 0 heterocycles. The number of aliphatic hydroxyl groups excluding tert-OH is 2. The van der Waals surface area contributed by atoms with Crippen molar-refractivity contribution in [1.29, 1.82) is 0 Å². The Labute approximate surface area is 54.8 Å². The summed E-state index contributed by atoms with van der Waals surface area (Å²) in [5.41, 5.74) is 0. The lowest BCUT2D eigenvalue weighted by atomic mass is 10.1. The molecule has 0 spiro atoms. The molecular weight excluding hydrogens is 116 g/mol. The van der Waals surface area contributed by atoms with Crippen molar-refractivity contribution in [2.75, 3.05) is 0 Å². The molecule has 0 aliphatic carbocycles. The molecule has 0 aromatic carbocycles. The largest absolute Gasteiger partial charge is 0.389 e. The molecule has 2 N–H and O–H groups in total. The average Bonchev–Trinajstić information content (AvgIpc) is 1.87. The number of rotatable bonds is 3. The molecule has 0 aliphatic rings. The summed E-state index contributed by atoms with van der Waals surface area (Å²) in [4.78, 5) is 0. The van der Waals surface area contributed by atoms with Crippen LogP contribution in [0.2, 0.25) is 0 Å². The van der Waals surface area contributed by atoms with Crippen LogP contribution in [-0.4, -0.2) is 22.4 Å². The summed E-state index contributed by atoms with van der Waals surface area (Å²) < 4.78 is 0. The lowest BCUT2D eigenvalue weighted by Crippen LogP contribution is -2.22. The normalized spacial score (nSPS) is 15.7. The molecule has 9 heavy (non-hydrogen) atoms. The zero-order valence-electron chi connectivity index (χ0n) is 5.12. The van der Waals surface area contributed by atoms with Gasteiger partial charge in [-0.05, 0) is 0 Å². The SMILES string of the molecule is C#CCC(O)C(O)C=C. The highest BCUT2D eigenvalue weighted by molar-refractivity contribution is 4.93. The number of aliphatic hydroxyl groups is 2. The zero-order valence-corrected chi connectivity index (χ0v) is 5.12. The van der Waals surface area contributed by atoms with Crippen LogP contribution in [0.5, 0.6) is 0 Å². The van der Waals surface area contributed by atoms with Crippen LogP contribution in [0.25, 0.3) is 0 Å². The highest BCUT2D eigenvalue weighted by Gasteiger charge is 2.09. The molecule has 0 fully saturated rings. The van der Waals surface area contributed by atoms with Crippen LogP contribution in [0.1, 0.15) is 6.42 Å². The molecule has 2 unspecified atom stereocenters. The molecule has 2 nitrogen and oxygen atoms in total. The first kappa shape index (κ1) is 8.22. The van der Waals surface area contributed by atoms with Crippen molar-refractivity contribution < 1.29 is 10.2 Å². The summed E-state index contributed by atoms with van der Waals surface area (Å²) in [7, 11) is 0. The third-order valence-corrected chi connectivity index (χ3v) is 0.963. The summed E-state index contributed by atoms with van der Waals surface area (Å²) in [6, 6.07) is 0. The number of terminal acetylenes is 1. The first-order valence-electron chi connectivity index (χ1n) is 2.64. The van der Waals surface area contributed by atoms with Gasteiger partial charge in [0.2, 0.25) is 0 Å². The van der Waals surface area contributed by atoms with Gasteiger partial charge in [0.25, 0.3) is 0 Å². The van der Waals surface area contributed by atoms with Gasteiger partial charge in [0.05, 0.1) is 12.2 Å². The summed E-state index contributed by atoms with van der Waals surface area (Å²) >= 11 is 0. The van der Waals surface area contributed by atoms with Gasteiger partial charge in [-0.3, -0.25) is 0 Å². The molecule has 2 heteroatoms. The summed E-state index contributed by atoms with van der Waals surface area (Å²) in [6.45, 7) is 3.29. The van der Waals surface area contributed by atoms with E-state index in [1.165, 1.54) is 6.08 Å². The van der Waals surface area contributed by atoms with Crippen molar-refractivity contribution in [2.45, 2.75) is 18.6 Å². The first-order valence-corrected chi connectivity index (χ1v) is 2.64. The molecule has 0 amide bonds. The Morgan fingerprint density at radius 3 is 2.56 bits per heavy atom. The van der Waals surface area contributed by atoms with E-state index in [1.54, 1.807) is 0 Å². The second-order valence-corrected chi connectivity index (χ2v) is 1.70. The minimum absolute atomic E-state index is 0.160. The van der Waals surface area contributed by atoms with Gasteiger partial charge in [-0.25, -0.2) is 0 Å². The smallest absolute Gasteiger partial charge is 0.0986 e. The van der Waals surface area contributed by atoms with Crippen LogP contribution in [0.3, 0.4) is 0 Å². The quantitative estimate of drug-likeness (QED) is 0.410. The Bertz CT molecular complexity index is 123. The molecule has 0 radical (unpaired) electrons. The maximum absolute atomic E-state index is 8.85. The van der Waals surface area contributed by atoms with E-state index >= 15 is 0 Å². The number of hydrogen-bond acceptors (Lipinski definition) is 2. The van der Waals surface area contributed by atoms with Crippen molar-refractivity contribution in [3.05, 3.63) is 12.7 Å². The van der Waals surface area contributed by atoms with Crippen molar-refractivity contribution in [3.8, 4) is 12.3 Å². The van der Waals surface area contributed by atoms with Crippen LogP contribution < -0.4 is 0 Å². The molecule has 0 aliphatic heterocycles. The third-order valence-electron chi connectivity index (χ3n) is 0.963. The Morgan fingerprint density at radius 1 is 1.67 bits per heavy atom. The predicted octanol–water partition coefficient (Wildman–Crippen LogP) is -0.0825. The molecule has 0 bridgehead atoms. The standard InChI is InChI=1S/C7H10O2/c1-3-5-7(9)6(8)4-2/h1,4,6-9H,2,5H2.